The molecule has 5 rings (SSSR count). The molecular formula is C28H36F3N7O3. The molecule has 41 heavy (non-hydrogen) atoms. The molecule has 13 heteroatoms. The van der Waals surface area contributed by atoms with E-state index in [4.69, 9.17) is 4.74 Å². The minimum Gasteiger partial charge on any atom is -0.375 e. The molecule has 1 aromatic heterocycles. The first kappa shape index (κ1) is 29.1. The number of nitrogens with zero attached hydrogens (tertiary/aromatic N) is 5. The van der Waals surface area contributed by atoms with Crippen molar-refractivity contribution in [1.82, 2.24) is 20.2 Å². The van der Waals surface area contributed by atoms with Gasteiger partial charge >= 0.3 is 0 Å². The largest absolute Gasteiger partial charge is 0.375 e. The summed E-state index contributed by atoms with van der Waals surface area (Å²) in [4.78, 5) is 40.2. The Bertz CT molecular complexity index is 1270. The van der Waals surface area contributed by atoms with Gasteiger partial charge in [0.1, 0.15) is 5.82 Å². The Balaban J connectivity index is 1.46. The highest BCUT2D eigenvalue weighted by Crippen LogP contribution is 2.36. The molecule has 3 aliphatic heterocycles. The molecule has 1 aromatic carbocycles. The summed E-state index contributed by atoms with van der Waals surface area (Å²) in [5, 5.41) is 5.32. The van der Waals surface area contributed by atoms with Crippen molar-refractivity contribution < 1.29 is 27.5 Å². The van der Waals surface area contributed by atoms with Gasteiger partial charge in [0.05, 0.1) is 30.0 Å². The summed E-state index contributed by atoms with van der Waals surface area (Å²) in [6.45, 7) is 7.61. The van der Waals surface area contributed by atoms with E-state index in [0.717, 1.165) is 6.54 Å². The third-order valence-electron chi connectivity index (χ3n) is 8.23. The Labute approximate surface area is 237 Å². The second-order valence-electron chi connectivity index (χ2n) is 11.1. The quantitative estimate of drug-likeness (QED) is 0.542. The number of carbonyl (C=O) groups is 2. The number of hydrogen-bond donors (Lipinski definition) is 2. The summed E-state index contributed by atoms with van der Waals surface area (Å²) in [5.74, 6) is -3.69. The van der Waals surface area contributed by atoms with Crippen molar-refractivity contribution in [3.05, 3.63) is 30.3 Å². The topological polar surface area (TPSA) is 103 Å². The highest BCUT2D eigenvalue weighted by Gasteiger charge is 2.40. The maximum atomic E-state index is 15.7. The Morgan fingerprint density at radius 2 is 1.88 bits per heavy atom. The minimum absolute atomic E-state index is 0.0441. The van der Waals surface area contributed by atoms with E-state index in [1.807, 2.05) is 23.8 Å². The van der Waals surface area contributed by atoms with E-state index in [-0.39, 0.29) is 24.3 Å². The number of aromatic nitrogens is 2. The maximum absolute atomic E-state index is 15.7. The third-order valence-corrected chi connectivity index (χ3v) is 8.23. The Hall–Kier alpha value is -3.45. The van der Waals surface area contributed by atoms with Crippen molar-refractivity contribution in [2.24, 2.45) is 11.8 Å². The molecule has 2 unspecified atom stereocenters. The molecule has 0 radical (unpaired) electrons. The molecule has 0 spiro atoms. The first-order chi connectivity index (χ1) is 19.6. The molecule has 0 bridgehead atoms. The maximum Gasteiger partial charge on any atom is 0.242 e. The van der Waals surface area contributed by atoms with Crippen LogP contribution >= 0.6 is 0 Å². The number of morpholine rings is 1. The lowest BCUT2D eigenvalue weighted by atomic mass is 9.85. The van der Waals surface area contributed by atoms with Gasteiger partial charge in [0.2, 0.25) is 24.2 Å². The minimum atomic E-state index is -2.83. The highest BCUT2D eigenvalue weighted by molar-refractivity contribution is 5.98. The molecule has 2 aromatic rings. The van der Waals surface area contributed by atoms with Crippen molar-refractivity contribution in [3.63, 3.8) is 0 Å². The van der Waals surface area contributed by atoms with Crippen LogP contribution in [0.25, 0.3) is 11.1 Å². The van der Waals surface area contributed by atoms with Crippen molar-refractivity contribution in [2.45, 2.75) is 38.8 Å². The van der Waals surface area contributed by atoms with Gasteiger partial charge in [0.25, 0.3) is 0 Å². The number of carbonyl (C=O) groups excluding carboxylic acids is 2. The zero-order chi connectivity index (χ0) is 29.3. The third kappa shape index (κ3) is 6.40. The smallest absolute Gasteiger partial charge is 0.242 e. The van der Waals surface area contributed by atoms with Crippen LogP contribution in [-0.2, 0) is 14.3 Å². The fraction of sp³-hybridized carbons (Fsp3) is 0.571. The van der Waals surface area contributed by atoms with Crippen LogP contribution in [0.1, 0.15) is 20.3 Å². The molecule has 0 saturated carbocycles. The average Bonchev–Trinajstić information content (AvgIpc) is 2.95. The van der Waals surface area contributed by atoms with Crippen molar-refractivity contribution in [3.8, 4) is 11.1 Å². The molecule has 222 valence electrons. The Morgan fingerprint density at radius 3 is 2.56 bits per heavy atom. The fourth-order valence-electron chi connectivity index (χ4n) is 5.62. The standard InChI is InChI=1S/C28H36F3N7O3/c1-16-14-37(5-4-36(16)3)24-10-22(29)19(18-11-33-28(34-12-18)38-6-7-41-17(2)15-38)8-23(24)35-27(40)21-13-32-25(39)9-20(21)26(30)31/h8,10-12,16-17,20-21,26H,4-7,9,13-15H2,1-3H3,(H,32,39)(H,35,40)/t16-,17+,20?,21?/m0/s1. The average molecular weight is 576 g/mol. The van der Waals surface area contributed by atoms with Gasteiger partial charge in [0, 0.05) is 81.2 Å². The monoisotopic (exact) mass is 575 g/mol. The molecular weight excluding hydrogens is 539 g/mol. The summed E-state index contributed by atoms with van der Waals surface area (Å²) in [7, 11) is 2.01. The summed E-state index contributed by atoms with van der Waals surface area (Å²) >= 11 is 0. The number of piperidine rings is 1. The lowest BCUT2D eigenvalue weighted by Gasteiger charge is -2.40. The normalized spacial score (nSPS) is 25.8. The zero-order valence-electron chi connectivity index (χ0n) is 23.4. The highest BCUT2D eigenvalue weighted by atomic mass is 19.3. The number of rotatable bonds is 6. The Kier molecular flexibility index (Phi) is 8.64. The molecule has 3 saturated heterocycles. The fourth-order valence-corrected chi connectivity index (χ4v) is 5.62. The number of anilines is 3. The SMILES string of the molecule is C[C@@H]1CN(c2ncc(-c3cc(NC(=O)C4CNC(=O)CC4C(F)F)c(N4CCN(C)[C@@H](C)C4)cc3F)cn2)CCO1. The zero-order valence-corrected chi connectivity index (χ0v) is 23.4. The van der Waals surface area contributed by atoms with E-state index in [1.165, 1.54) is 24.5 Å². The van der Waals surface area contributed by atoms with Gasteiger partial charge in [-0.2, -0.15) is 0 Å². The number of alkyl halides is 2. The van der Waals surface area contributed by atoms with Crippen LogP contribution < -0.4 is 20.4 Å². The van der Waals surface area contributed by atoms with Gasteiger partial charge < -0.3 is 30.1 Å². The molecule has 0 aliphatic carbocycles. The molecule has 10 nitrogen and oxygen atoms in total. The van der Waals surface area contributed by atoms with E-state index < -0.39 is 42.3 Å². The van der Waals surface area contributed by atoms with Gasteiger partial charge in [-0.1, -0.05) is 0 Å². The van der Waals surface area contributed by atoms with E-state index in [0.29, 0.717) is 55.7 Å². The van der Waals surface area contributed by atoms with E-state index in [1.54, 1.807) is 0 Å². The number of likely N-dealkylation sites (N-methyl/N-ethyl adjacent to an activating group) is 1. The lowest BCUT2D eigenvalue weighted by molar-refractivity contribution is -0.133. The van der Waals surface area contributed by atoms with Crippen molar-refractivity contribution in [1.29, 1.82) is 0 Å². The number of halogens is 3. The first-order valence-electron chi connectivity index (χ1n) is 13.9. The number of hydrogen-bond acceptors (Lipinski definition) is 8. The van der Waals surface area contributed by atoms with E-state index >= 15 is 4.39 Å². The van der Waals surface area contributed by atoms with Gasteiger partial charge in [-0.25, -0.2) is 23.1 Å². The van der Waals surface area contributed by atoms with E-state index in [9.17, 15) is 18.4 Å². The van der Waals surface area contributed by atoms with Gasteiger partial charge in [-0.15, -0.1) is 0 Å². The van der Waals surface area contributed by atoms with Crippen LogP contribution in [0.2, 0.25) is 0 Å². The second-order valence-corrected chi connectivity index (χ2v) is 11.1. The number of piperazine rings is 1. The van der Waals surface area contributed by atoms with Gasteiger partial charge in [0.15, 0.2) is 0 Å². The van der Waals surface area contributed by atoms with Crippen molar-refractivity contribution >= 4 is 29.1 Å². The van der Waals surface area contributed by atoms with Crippen molar-refractivity contribution in [2.75, 3.05) is 68.0 Å². The molecule has 2 amide bonds. The van der Waals surface area contributed by atoms with Crippen LogP contribution in [0.15, 0.2) is 24.5 Å². The first-order valence-corrected chi connectivity index (χ1v) is 13.9. The summed E-state index contributed by atoms with van der Waals surface area (Å²) in [6.07, 6.45) is -0.147. The predicted molar refractivity (Wildman–Crippen MR) is 149 cm³/mol. The summed E-state index contributed by atoms with van der Waals surface area (Å²) < 4.78 is 48.8. The number of ether oxygens (including phenoxy) is 1. The van der Waals surface area contributed by atoms with Gasteiger partial charge in [-0.05, 0) is 33.0 Å². The molecule has 4 atom stereocenters. The summed E-state index contributed by atoms with van der Waals surface area (Å²) in [5.41, 5.74) is 1.36. The Morgan fingerprint density at radius 1 is 1.12 bits per heavy atom. The second kappa shape index (κ2) is 12.2. The molecule has 3 aliphatic rings. The number of nitrogens with one attached hydrogen (secondary N) is 2. The summed E-state index contributed by atoms with van der Waals surface area (Å²) in [6, 6.07) is 3.06. The van der Waals surface area contributed by atoms with Crippen LogP contribution in [0.4, 0.5) is 30.5 Å². The van der Waals surface area contributed by atoms with Crippen LogP contribution in [-0.4, -0.2) is 98.2 Å². The number of amides is 2. The molecule has 4 heterocycles. The lowest BCUT2D eigenvalue weighted by Crippen LogP contribution is -2.50. The molecule has 2 N–H and O–H groups in total. The molecule has 3 fully saturated rings. The number of benzene rings is 1. The van der Waals surface area contributed by atoms with Crippen LogP contribution in [0, 0.1) is 17.7 Å². The predicted octanol–water partition coefficient (Wildman–Crippen LogP) is 2.60. The van der Waals surface area contributed by atoms with Crippen LogP contribution in [0.3, 0.4) is 0 Å². The van der Waals surface area contributed by atoms with E-state index in [2.05, 4.69) is 32.4 Å². The van der Waals surface area contributed by atoms with Gasteiger partial charge in [-0.3, -0.25) is 9.59 Å². The van der Waals surface area contributed by atoms with Crippen LogP contribution in [0.5, 0.6) is 0 Å².